The maximum atomic E-state index is 12.1. The Bertz CT molecular complexity index is 795. The number of nitrogens with one attached hydrogen (secondary N) is 2. The van der Waals surface area contributed by atoms with Crippen molar-refractivity contribution in [1.82, 2.24) is 10.2 Å². The number of hydrogen-bond acceptors (Lipinski definition) is 9. The second-order valence-corrected chi connectivity index (χ2v) is 8.42. The number of benzene rings is 1. The van der Waals surface area contributed by atoms with Crippen LogP contribution >= 0.6 is 23.1 Å². The lowest BCUT2D eigenvalue weighted by atomic mass is 10.2. The largest absolute Gasteiger partial charge is 0.454 e. The van der Waals surface area contributed by atoms with E-state index in [1.165, 1.54) is 23.1 Å². The third-order valence-electron chi connectivity index (χ3n) is 4.12. The topological polar surface area (TPSA) is 94.6 Å². The highest BCUT2D eigenvalue weighted by molar-refractivity contribution is 8.01. The van der Waals surface area contributed by atoms with Crippen molar-refractivity contribution in [2.24, 2.45) is 0 Å². The van der Waals surface area contributed by atoms with Crippen LogP contribution in [-0.4, -0.2) is 47.9 Å². The SMILES string of the molecule is O=C(CCSc1nnc(NCC2CCCO2)s1)Nc1ccc2c(c1)OCO2. The predicted molar refractivity (Wildman–Crippen MR) is 104 cm³/mol. The zero-order valence-electron chi connectivity index (χ0n) is 14.6. The van der Waals surface area contributed by atoms with Gasteiger partial charge in [-0.15, -0.1) is 10.2 Å². The molecule has 10 heteroatoms. The summed E-state index contributed by atoms with van der Waals surface area (Å²) >= 11 is 3.02. The van der Waals surface area contributed by atoms with E-state index in [0.29, 0.717) is 29.4 Å². The number of rotatable bonds is 8. The predicted octanol–water partition coefficient (Wildman–Crippen LogP) is 2.98. The lowest BCUT2D eigenvalue weighted by Crippen LogP contribution is -2.18. The first-order chi connectivity index (χ1) is 13.3. The van der Waals surface area contributed by atoms with Crippen LogP contribution in [0.2, 0.25) is 0 Å². The molecule has 1 aromatic carbocycles. The van der Waals surface area contributed by atoms with E-state index in [1.54, 1.807) is 18.2 Å². The molecule has 2 aromatic rings. The number of carbonyl (C=O) groups excluding carboxylic acids is 1. The van der Waals surface area contributed by atoms with Crippen LogP contribution in [0.1, 0.15) is 19.3 Å². The molecule has 1 saturated heterocycles. The van der Waals surface area contributed by atoms with E-state index in [1.807, 2.05) is 0 Å². The van der Waals surface area contributed by atoms with Gasteiger partial charge in [0.05, 0.1) is 6.10 Å². The summed E-state index contributed by atoms with van der Waals surface area (Å²) in [6, 6.07) is 5.36. The molecule has 2 aliphatic rings. The number of thioether (sulfide) groups is 1. The third-order valence-corrected chi connectivity index (χ3v) is 6.14. The van der Waals surface area contributed by atoms with Crippen LogP contribution in [0.15, 0.2) is 22.5 Å². The van der Waals surface area contributed by atoms with Crippen molar-refractivity contribution in [2.75, 3.05) is 36.3 Å². The van der Waals surface area contributed by atoms with Gasteiger partial charge in [0.25, 0.3) is 0 Å². The number of fused-ring (bicyclic) bond motifs is 1. The normalized spacial score (nSPS) is 17.9. The number of carbonyl (C=O) groups is 1. The van der Waals surface area contributed by atoms with Crippen molar-refractivity contribution < 1.29 is 19.0 Å². The minimum atomic E-state index is -0.0531. The molecule has 8 nitrogen and oxygen atoms in total. The lowest BCUT2D eigenvalue weighted by Gasteiger charge is -2.08. The molecular formula is C17H20N4O4S2. The minimum Gasteiger partial charge on any atom is -0.454 e. The summed E-state index contributed by atoms with van der Waals surface area (Å²) in [7, 11) is 0. The van der Waals surface area contributed by atoms with Crippen LogP contribution in [0.4, 0.5) is 10.8 Å². The average molecular weight is 409 g/mol. The van der Waals surface area contributed by atoms with E-state index in [4.69, 9.17) is 14.2 Å². The summed E-state index contributed by atoms with van der Waals surface area (Å²) in [5.41, 5.74) is 0.700. The molecule has 2 aliphatic heterocycles. The quantitative estimate of drug-likeness (QED) is 0.644. The highest BCUT2D eigenvalue weighted by Crippen LogP contribution is 2.34. The van der Waals surface area contributed by atoms with E-state index in [-0.39, 0.29) is 18.8 Å². The number of ether oxygens (including phenoxy) is 3. The maximum absolute atomic E-state index is 12.1. The number of nitrogens with zero attached hydrogens (tertiary/aromatic N) is 2. The summed E-state index contributed by atoms with van der Waals surface area (Å²) in [6.07, 6.45) is 2.87. The highest BCUT2D eigenvalue weighted by Gasteiger charge is 2.16. The Hall–Kier alpha value is -2.04. The van der Waals surface area contributed by atoms with Gasteiger partial charge in [0.2, 0.25) is 17.8 Å². The molecule has 0 aliphatic carbocycles. The van der Waals surface area contributed by atoms with E-state index in [2.05, 4.69) is 20.8 Å². The number of aromatic nitrogens is 2. The molecule has 1 amide bonds. The Balaban J connectivity index is 1.17. The molecule has 0 radical (unpaired) electrons. The number of anilines is 2. The Labute approximate surface area is 165 Å². The van der Waals surface area contributed by atoms with Crippen molar-refractivity contribution in [2.45, 2.75) is 29.7 Å². The summed E-state index contributed by atoms with van der Waals surface area (Å²) in [5.74, 6) is 1.93. The van der Waals surface area contributed by atoms with Gasteiger partial charge in [0.15, 0.2) is 15.8 Å². The molecule has 1 atom stereocenters. The van der Waals surface area contributed by atoms with Gasteiger partial charge < -0.3 is 24.8 Å². The molecule has 1 unspecified atom stereocenters. The van der Waals surface area contributed by atoms with Crippen LogP contribution in [-0.2, 0) is 9.53 Å². The van der Waals surface area contributed by atoms with E-state index in [0.717, 1.165) is 35.5 Å². The molecule has 4 rings (SSSR count). The van der Waals surface area contributed by atoms with E-state index >= 15 is 0 Å². The maximum Gasteiger partial charge on any atom is 0.231 e. The summed E-state index contributed by atoms with van der Waals surface area (Å²) < 4.78 is 17.0. The van der Waals surface area contributed by atoms with Crippen LogP contribution in [0, 0.1) is 0 Å². The molecule has 144 valence electrons. The zero-order valence-corrected chi connectivity index (χ0v) is 16.2. The van der Waals surface area contributed by atoms with Gasteiger partial charge >= 0.3 is 0 Å². The van der Waals surface area contributed by atoms with Crippen molar-refractivity contribution in [3.05, 3.63) is 18.2 Å². The van der Waals surface area contributed by atoms with Crippen molar-refractivity contribution in [3.63, 3.8) is 0 Å². The molecule has 3 heterocycles. The van der Waals surface area contributed by atoms with Crippen LogP contribution < -0.4 is 20.1 Å². The molecule has 27 heavy (non-hydrogen) atoms. The standard InChI is InChI=1S/C17H20N4O4S2/c22-15(19-11-3-4-13-14(8-11)25-10-24-13)5-7-26-17-21-20-16(27-17)18-9-12-2-1-6-23-12/h3-4,8,12H,1-2,5-7,9-10H2,(H,18,20)(H,19,22). The molecule has 0 bridgehead atoms. The summed E-state index contributed by atoms with van der Waals surface area (Å²) in [4.78, 5) is 12.1. The van der Waals surface area contributed by atoms with Crippen LogP contribution in [0.3, 0.4) is 0 Å². The Morgan fingerprint density at radius 3 is 3.11 bits per heavy atom. The van der Waals surface area contributed by atoms with Gasteiger partial charge in [-0.2, -0.15) is 0 Å². The van der Waals surface area contributed by atoms with Gasteiger partial charge in [-0.3, -0.25) is 4.79 Å². The van der Waals surface area contributed by atoms with Gasteiger partial charge in [0.1, 0.15) is 0 Å². The smallest absolute Gasteiger partial charge is 0.231 e. The van der Waals surface area contributed by atoms with E-state index in [9.17, 15) is 4.79 Å². The van der Waals surface area contributed by atoms with Crippen LogP contribution in [0.25, 0.3) is 0 Å². The monoisotopic (exact) mass is 408 g/mol. The first-order valence-corrected chi connectivity index (χ1v) is 10.6. The fourth-order valence-corrected chi connectivity index (χ4v) is 4.54. The molecule has 2 N–H and O–H groups in total. The van der Waals surface area contributed by atoms with Gasteiger partial charge in [-0.05, 0) is 25.0 Å². The van der Waals surface area contributed by atoms with Gasteiger partial charge in [0, 0.05) is 37.1 Å². The second-order valence-electron chi connectivity index (χ2n) is 6.10. The molecule has 1 fully saturated rings. The second kappa shape index (κ2) is 8.77. The average Bonchev–Trinajstić information content (AvgIpc) is 3.41. The number of hydrogen-bond donors (Lipinski definition) is 2. The summed E-state index contributed by atoms with van der Waals surface area (Å²) in [5, 5.41) is 15.2. The molecule has 1 aromatic heterocycles. The Morgan fingerprint density at radius 2 is 2.22 bits per heavy atom. The van der Waals surface area contributed by atoms with Gasteiger partial charge in [-0.1, -0.05) is 23.1 Å². The molecular weight excluding hydrogens is 388 g/mol. The molecule has 0 spiro atoms. The first-order valence-electron chi connectivity index (χ1n) is 8.77. The lowest BCUT2D eigenvalue weighted by molar-refractivity contribution is -0.115. The third kappa shape index (κ3) is 5.02. The number of amides is 1. The van der Waals surface area contributed by atoms with Crippen molar-refractivity contribution in [3.8, 4) is 11.5 Å². The summed E-state index contributed by atoms with van der Waals surface area (Å²) in [6.45, 7) is 1.82. The Kier molecular flexibility index (Phi) is 5.95. The van der Waals surface area contributed by atoms with Crippen molar-refractivity contribution in [1.29, 1.82) is 0 Å². The fraction of sp³-hybridized carbons (Fsp3) is 0.471. The minimum absolute atomic E-state index is 0.0531. The first kappa shape index (κ1) is 18.3. The van der Waals surface area contributed by atoms with Crippen molar-refractivity contribution >= 4 is 39.8 Å². The van der Waals surface area contributed by atoms with E-state index < -0.39 is 0 Å². The fourth-order valence-electron chi connectivity index (χ4n) is 2.77. The van der Waals surface area contributed by atoms with Crippen LogP contribution in [0.5, 0.6) is 11.5 Å². The highest BCUT2D eigenvalue weighted by atomic mass is 32.2. The van der Waals surface area contributed by atoms with Gasteiger partial charge in [-0.25, -0.2) is 0 Å². The molecule has 0 saturated carbocycles. The Morgan fingerprint density at radius 1 is 1.30 bits per heavy atom. The zero-order chi connectivity index (χ0) is 18.5.